The van der Waals surface area contributed by atoms with Gasteiger partial charge in [0.1, 0.15) is 24.0 Å². The van der Waals surface area contributed by atoms with E-state index in [9.17, 15) is 14.7 Å². The molecular weight excluding hydrogens is 330 g/mol. The summed E-state index contributed by atoms with van der Waals surface area (Å²) in [6.07, 6.45) is -0.365. The smallest absolute Gasteiger partial charge is 0.325 e. The third-order valence-corrected chi connectivity index (χ3v) is 5.28. The second-order valence-electron chi connectivity index (χ2n) is 5.83. The quantitative estimate of drug-likeness (QED) is 0.761. The van der Waals surface area contributed by atoms with E-state index in [0.29, 0.717) is 23.5 Å². The van der Waals surface area contributed by atoms with Gasteiger partial charge in [0.05, 0.1) is 18.2 Å². The molecule has 1 spiro atoms. The van der Waals surface area contributed by atoms with Crippen LogP contribution in [-0.4, -0.2) is 58.2 Å². The van der Waals surface area contributed by atoms with Gasteiger partial charge in [-0.3, -0.25) is 9.69 Å². The molecule has 126 valence electrons. The van der Waals surface area contributed by atoms with E-state index < -0.39 is 17.7 Å². The summed E-state index contributed by atoms with van der Waals surface area (Å²) in [6, 6.07) is 8.03. The number of carbonyl (C=O) groups is 2. The van der Waals surface area contributed by atoms with Crippen LogP contribution in [0.1, 0.15) is 12.0 Å². The maximum Gasteiger partial charge on any atom is 0.325 e. The summed E-state index contributed by atoms with van der Waals surface area (Å²) in [5.41, 5.74) is -0.280. The average molecular weight is 347 g/mol. The monoisotopic (exact) mass is 347 g/mol. The fourth-order valence-electron chi connectivity index (χ4n) is 2.76. The number of rotatable bonds is 5. The van der Waals surface area contributed by atoms with Crippen LogP contribution in [0.2, 0.25) is 0 Å². The van der Waals surface area contributed by atoms with Crippen molar-refractivity contribution in [3.8, 4) is 11.8 Å². The molecule has 7 nitrogen and oxygen atoms in total. The van der Waals surface area contributed by atoms with Crippen molar-refractivity contribution in [3.05, 3.63) is 29.8 Å². The lowest BCUT2D eigenvalue weighted by Crippen LogP contribution is -2.47. The Morgan fingerprint density at radius 1 is 1.42 bits per heavy atom. The molecule has 3 amide bonds. The summed E-state index contributed by atoms with van der Waals surface area (Å²) in [5, 5.41) is 21.6. The summed E-state index contributed by atoms with van der Waals surface area (Å²) in [5.74, 6) is 1.65. The van der Waals surface area contributed by atoms with Gasteiger partial charge in [0.2, 0.25) is 0 Å². The number of hydrogen-bond donors (Lipinski definition) is 2. The number of thioether (sulfide) groups is 1. The van der Waals surface area contributed by atoms with Gasteiger partial charge in [0.25, 0.3) is 5.91 Å². The number of amides is 3. The zero-order valence-corrected chi connectivity index (χ0v) is 13.7. The van der Waals surface area contributed by atoms with Crippen molar-refractivity contribution in [1.82, 2.24) is 10.2 Å². The number of nitrogens with one attached hydrogen (secondary N) is 1. The molecule has 0 bridgehead atoms. The van der Waals surface area contributed by atoms with Crippen LogP contribution >= 0.6 is 11.8 Å². The molecule has 2 N–H and O–H groups in total. The highest BCUT2D eigenvalue weighted by atomic mass is 32.2. The number of β-amino-alcohol motifs (C(OH)–C–C–N with tert-alkyl or cyclic N) is 1. The van der Waals surface area contributed by atoms with Gasteiger partial charge in [-0.05, 0) is 36.4 Å². The lowest BCUT2D eigenvalue weighted by atomic mass is 9.99. The molecule has 0 saturated carbocycles. The molecule has 2 aliphatic heterocycles. The van der Waals surface area contributed by atoms with E-state index in [4.69, 9.17) is 10.00 Å². The van der Waals surface area contributed by atoms with Crippen LogP contribution in [0.15, 0.2) is 24.3 Å². The minimum Gasteiger partial charge on any atom is -0.491 e. The number of nitriles is 1. The minimum absolute atomic E-state index is 0.0509. The van der Waals surface area contributed by atoms with Gasteiger partial charge in [-0.15, -0.1) is 0 Å². The molecule has 0 aliphatic carbocycles. The van der Waals surface area contributed by atoms with Crippen LogP contribution in [0.25, 0.3) is 0 Å². The van der Waals surface area contributed by atoms with Gasteiger partial charge in [0.15, 0.2) is 0 Å². The highest BCUT2D eigenvalue weighted by Gasteiger charge is 2.53. The lowest BCUT2D eigenvalue weighted by molar-refractivity contribution is -0.131. The molecule has 0 unspecified atom stereocenters. The molecule has 0 aromatic heterocycles. The number of imide groups is 1. The molecule has 2 fully saturated rings. The lowest BCUT2D eigenvalue weighted by Gasteiger charge is -2.21. The summed E-state index contributed by atoms with van der Waals surface area (Å²) in [4.78, 5) is 25.6. The van der Waals surface area contributed by atoms with Gasteiger partial charge in [0, 0.05) is 5.75 Å². The Kier molecular flexibility index (Phi) is 4.64. The number of ether oxygens (including phenoxy) is 1. The van der Waals surface area contributed by atoms with Crippen molar-refractivity contribution in [1.29, 1.82) is 5.26 Å². The first-order valence-electron chi connectivity index (χ1n) is 7.57. The molecular formula is C16H17N3O4S. The first kappa shape index (κ1) is 16.6. The van der Waals surface area contributed by atoms with Crippen molar-refractivity contribution in [2.45, 2.75) is 18.1 Å². The maximum atomic E-state index is 12.5. The standard InChI is InChI=1S/C16H17N3O4S/c17-7-11-1-3-13(4-2-11)23-9-12(20)8-19-14(21)16(18-15(19)22)5-6-24-10-16/h1-4,12,20H,5-6,8-10H2,(H,18,22)/t12-,16+/m0/s1. The second kappa shape index (κ2) is 6.71. The van der Waals surface area contributed by atoms with Crippen molar-refractivity contribution < 1.29 is 19.4 Å². The highest BCUT2D eigenvalue weighted by molar-refractivity contribution is 7.99. The predicted octanol–water partition coefficient (Wildman–Crippen LogP) is 0.725. The average Bonchev–Trinajstić information content (AvgIpc) is 3.14. The number of aliphatic hydroxyl groups is 1. The first-order chi connectivity index (χ1) is 11.5. The van der Waals surface area contributed by atoms with Crippen LogP contribution in [0, 0.1) is 11.3 Å². The number of carbonyl (C=O) groups excluding carboxylic acids is 2. The summed E-state index contributed by atoms with van der Waals surface area (Å²) < 4.78 is 5.43. The van der Waals surface area contributed by atoms with Crippen molar-refractivity contribution >= 4 is 23.7 Å². The Hall–Kier alpha value is -2.24. The van der Waals surface area contributed by atoms with Crippen LogP contribution in [0.4, 0.5) is 4.79 Å². The van der Waals surface area contributed by atoms with E-state index in [-0.39, 0.29) is 19.1 Å². The summed E-state index contributed by atoms with van der Waals surface area (Å²) >= 11 is 1.64. The normalized spacial score (nSPS) is 24.1. The topological polar surface area (TPSA) is 103 Å². The molecule has 1 aromatic rings. The molecule has 2 aliphatic rings. The van der Waals surface area contributed by atoms with E-state index in [1.165, 1.54) is 0 Å². The SMILES string of the molecule is N#Cc1ccc(OC[C@@H](O)CN2C(=O)N[C@@]3(CCSC3)C2=O)cc1. The molecule has 24 heavy (non-hydrogen) atoms. The van der Waals surface area contributed by atoms with Gasteiger partial charge in [-0.25, -0.2) is 4.79 Å². The number of hydrogen-bond acceptors (Lipinski definition) is 6. The molecule has 1 aromatic carbocycles. The van der Waals surface area contributed by atoms with Crippen molar-refractivity contribution in [2.24, 2.45) is 0 Å². The number of nitrogens with zero attached hydrogens (tertiary/aromatic N) is 2. The molecule has 2 heterocycles. The Labute approximate surface area is 143 Å². The Balaban J connectivity index is 1.54. The third kappa shape index (κ3) is 3.18. The van der Waals surface area contributed by atoms with Gasteiger partial charge >= 0.3 is 6.03 Å². The zero-order valence-electron chi connectivity index (χ0n) is 12.9. The van der Waals surface area contributed by atoms with E-state index >= 15 is 0 Å². The summed E-state index contributed by atoms with van der Waals surface area (Å²) in [6.45, 7) is -0.155. The minimum atomic E-state index is -0.987. The molecule has 8 heteroatoms. The Morgan fingerprint density at radius 2 is 2.17 bits per heavy atom. The van der Waals surface area contributed by atoms with Gasteiger partial charge < -0.3 is 15.2 Å². The van der Waals surface area contributed by atoms with Crippen LogP contribution < -0.4 is 10.1 Å². The number of benzene rings is 1. The molecule has 2 atom stereocenters. The van der Waals surface area contributed by atoms with E-state index in [1.807, 2.05) is 6.07 Å². The van der Waals surface area contributed by atoms with E-state index in [1.54, 1.807) is 36.0 Å². The third-order valence-electron chi connectivity index (χ3n) is 4.09. The molecule has 2 saturated heterocycles. The molecule has 0 radical (unpaired) electrons. The predicted molar refractivity (Wildman–Crippen MR) is 87.6 cm³/mol. The first-order valence-corrected chi connectivity index (χ1v) is 8.72. The summed E-state index contributed by atoms with van der Waals surface area (Å²) in [7, 11) is 0. The molecule has 3 rings (SSSR count). The van der Waals surface area contributed by atoms with E-state index in [2.05, 4.69) is 5.32 Å². The Morgan fingerprint density at radius 3 is 2.79 bits per heavy atom. The largest absolute Gasteiger partial charge is 0.491 e. The fraction of sp³-hybridized carbons (Fsp3) is 0.438. The Bertz CT molecular complexity index is 680. The van der Waals surface area contributed by atoms with Crippen LogP contribution in [-0.2, 0) is 4.79 Å². The van der Waals surface area contributed by atoms with Gasteiger partial charge in [-0.1, -0.05) is 0 Å². The van der Waals surface area contributed by atoms with Crippen LogP contribution in [0.3, 0.4) is 0 Å². The van der Waals surface area contributed by atoms with Crippen LogP contribution in [0.5, 0.6) is 5.75 Å². The fourth-order valence-corrected chi connectivity index (χ4v) is 4.08. The second-order valence-corrected chi connectivity index (χ2v) is 6.94. The number of urea groups is 1. The maximum absolute atomic E-state index is 12.5. The van der Waals surface area contributed by atoms with E-state index in [0.717, 1.165) is 10.7 Å². The van der Waals surface area contributed by atoms with Crippen molar-refractivity contribution in [2.75, 3.05) is 24.7 Å². The zero-order chi connectivity index (χ0) is 17.2. The number of aliphatic hydroxyl groups excluding tert-OH is 1. The van der Waals surface area contributed by atoms with Crippen molar-refractivity contribution in [3.63, 3.8) is 0 Å². The van der Waals surface area contributed by atoms with Gasteiger partial charge in [-0.2, -0.15) is 17.0 Å². The highest BCUT2D eigenvalue weighted by Crippen LogP contribution is 2.33.